The van der Waals surface area contributed by atoms with Crippen molar-refractivity contribution in [3.8, 4) is 11.1 Å². The van der Waals surface area contributed by atoms with Crippen LogP contribution in [-0.2, 0) is 0 Å². The number of hydrogen-bond donors (Lipinski definition) is 2. The molecule has 0 radical (unpaired) electrons. The zero-order chi connectivity index (χ0) is 21.1. The number of hydrogen-bond acceptors (Lipinski definition) is 4. The molecule has 2 aromatic carbocycles. The number of nitrogens with zero attached hydrogens (tertiary/aromatic N) is 2. The molecule has 0 saturated heterocycles. The molecule has 0 amide bonds. The van der Waals surface area contributed by atoms with E-state index in [1.54, 1.807) is 0 Å². The molecule has 2 aliphatic rings. The van der Waals surface area contributed by atoms with Crippen LogP contribution in [0.25, 0.3) is 11.1 Å². The molecule has 0 saturated carbocycles. The molecule has 30 heavy (non-hydrogen) atoms. The number of nitrogens with one attached hydrogen (secondary N) is 2. The molecule has 2 aliphatic heterocycles. The second kappa shape index (κ2) is 9.78. The second-order valence-corrected chi connectivity index (χ2v) is 9.08. The summed E-state index contributed by atoms with van der Waals surface area (Å²) in [5.74, 6) is 1.84. The summed E-state index contributed by atoms with van der Waals surface area (Å²) >= 11 is 26.2. The summed E-state index contributed by atoms with van der Waals surface area (Å²) < 4.78 is 0. The predicted octanol–water partition coefficient (Wildman–Crippen LogP) is 7.96. The summed E-state index contributed by atoms with van der Waals surface area (Å²) in [6.07, 6.45) is 6.27. The van der Waals surface area contributed by atoms with Gasteiger partial charge in [0.2, 0.25) is 0 Å². The standard InChI is InChI=1S/C22H22Cl4N4/c23-15-9-13(10-16(24)21(15)29-19-5-1-3-7-27-19)14-11-17(25)22(18(26)12-14)30-20-6-2-4-8-28-20/h9-12H,1-8H2,(H,27,29)(H,28,30). The van der Waals surface area contributed by atoms with Crippen molar-refractivity contribution in [1.82, 2.24) is 0 Å². The number of amidine groups is 2. The van der Waals surface area contributed by atoms with Crippen LogP contribution in [0.5, 0.6) is 0 Å². The molecule has 0 aromatic heterocycles. The van der Waals surface area contributed by atoms with Crippen LogP contribution in [0, 0.1) is 0 Å². The molecule has 0 bridgehead atoms. The first kappa shape index (κ1) is 21.8. The van der Waals surface area contributed by atoms with E-state index < -0.39 is 0 Å². The van der Waals surface area contributed by atoms with Crippen LogP contribution in [0.15, 0.2) is 34.3 Å². The monoisotopic (exact) mass is 482 g/mol. The summed E-state index contributed by atoms with van der Waals surface area (Å²) in [7, 11) is 0. The Bertz CT molecular complexity index is 889. The highest BCUT2D eigenvalue weighted by Crippen LogP contribution is 2.40. The third kappa shape index (κ3) is 5.05. The fourth-order valence-electron chi connectivity index (χ4n) is 3.61. The van der Waals surface area contributed by atoms with Gasteiger partial charge >= 0.3 is 0 Å². The number of benzene rings is 2. The molecular formula is C22H22Cl4N4. The first-order chi connectivity index (χ1) is 14.5. The Balaban J connectivity index is 1.60. The topological polar surface area (TPSA) is 48.8 Å². The highest BCUT2D eigenvalue weighted by atomic mass is 35.5. The van der Waals surface area contributed by atoms with Gasteiger partial charge in [0.1, 0.15) is 11.7 Å². The van der Waals surface area contributed by atoms with E-state index in [9.17, 15) is 0 Å². The Morgan fingerprint density at radius 1 is 0.567 bits per heavy atom. The van der Waals surface area contributed by atoms with Crippen molar-refractivity contribution in [2.24, 2.45) is 9.98 Å². The minimum atomic E-state index is 0.525. The van der Waals surface area contributed by atoms with Crippen molar-refractivity contribution in [3.63, 3.8) is 0 Å². The van der Waals surface area contributed by atoms with Crippen LogP contribution in [0.1, 0.15) is 38.5 Å². The Labute approximate surface area is 196 Å². The van der Waals surface area contributed by atoms with Crippen molar-refractivity contribution < 1.29 is 0 Å². The summed E-state index contributed by atoms with van der Waals surface area (Å²) in [5, 5.41) is 8.67. The highest BCUT2D eigenvalue weighted by Gasteiger charge is 2.16. The Hall–Kier alpha value is -1.46. The lowest BCUT2D eigenvalue weighted by Gasteiger charge is -2.18. The number of halogens is 4. The van der Waals surface area contributed by atoms with Crippen LogP contribution in [-0.4, -0.2) is 24.8 Å². The van der Waals surface area contributed by atoms with Crippen molar-refractivity contribution >= 4 is 69.4 Å². The maximum absolute atomic E-state index is 6.55. The quantitative estimate of drug-likeness (QED) is 0.465. The van der Waals surface area contributed by atoms with Gasteiger partial charge in [-0.05, 0) is 61.1 Å². The van der Waals surface area contributed by atoms with E-state index >= 15 is 0 Å². The molecule has 0 spiro atoms. The van der Waals surface area contributed by atoms with Gasteiger partial charge in [-0.3, -0.25) is 9.98 Å². The van der Waals surface area contributed by atoms with Gasteiger partial charge in [0.15, 0.2) is 0 Å². The second-order valence-electron chi connectivity index (χ2n) is 7.45. The molecule has 4 nitrogen and oxygen atoms in total. The first-order valence-electron chi connectivity index (χ1n) is 10.1. The van der Waals surface area contributed by atoms with Gasteiger partial charge in [0, 0.05) is 25.9 Å². The molecule has 158 valence electrons. The lowest BCUT2D eigenvalue weighted by molar-refractivity contribution is 0.737. The van der Waals surface area contributed by atoms with Crippen molar-refractivity contribution in [3.05, 3.63) is 44.4 Å². The van der Waals surface area contributed by atoms with E-state index in [1.165, 1.54) is 0 Å². The molecule has 0 atom stereocenters. The van der Waals surface area contributed by atoms with E-state index in [0.29, 0.717) is 31.5 Å². The van der Waals surface area contributed by atoms with E-state index in [4.69, 9.17) is 46.4 Å². The fourth-order valence-corrected chi connectivity index (χ4v) is 4.77. The van der Waals surface area contributed by atoms with Crippen LogP contribution in [0.2, 0.25) is 20.1 Å². The van der Waals surface area contributed by atoms with Crippen molar-refractivity contribution in [1.29, 1.82) is 0 Å². The normalized spacial score (nSPS) is 16.7. The van der Waals surface area contributed by atoms with E-state index in [-0.39, 0.29) is 0 Å². The zero-order valence-corrected chi connectivity index (χ0v) is 19.4. The average Bonchev–Trinajstić information content (AvgIpc) is 2.74. The van der Waals surface area contributed by atoms with E-state index in [1.807, 2.05) is 24.3 Å². The van der Waals surface area contributed by atoms with E-state index in [0.717, 1.165) is 74.4 Å². The summed E-state index contributed by atoms with van der Waals surface area (Å²) in [6, 6.07) is 7.44. The first-order valence-corrected chi connectivity index (χ1v) is 11.6. The maximum atomic E-state index is 6.55. The van der Waals surface area contributed by atoms with Crippen LogP contribution in [0.3, 0.4) is 0 Å². The SMILES string of the molecule is Clc1cc(-c2cc(Cl)c(NC3=NCCCC3)c(Cl)c2)cc(Cl)c1NC1=NCCCC1. The minimum absolute atomic E-state index is 0.525. The minimum Gasteiger partial charge on any atom is -0.342 e. The maximum Gasteiger partial charge on any atom is 0.101 e. The third-order valence-corrected chi connectivity index (χ3v) is 6.40. The molecule has 2 heterocycles. The van der Waals surface area contributed by atoms with Gasteiger partial charge in [-0.1, -0.05) is 46.4 Å². The highest BCUT2D eigenvalue weighted by molar-refractivity contribution is 6.41. The largest absolute Gasteiger partial charge is 0.342 e. The van der Waals surface area contributed by atoms with Gasteiger partial charge in [0.05, 0.1) is 31.5 Å². The van der Waals surface area contributed by atoms with Gasteiger partial charge in [-0.25, -0.2) is 0 Å². The smallest absolute Gasteiger partial charge is 0.101 e. The molecule has 0 unspecified atom stereocenters. The molecular weight excluding hydrogens is 462 g/mol. The number of rotatable bonds is 3. The van der Waals surface area contributed by atoms with Gasteiger partial charge < -0.3 is 10.6 Å². The Kier molecular flexibility index (Phi) is 7.09. The molecule has 0 fully saturated rings. The zero-order valence-electron chi connectivity index (χ0n) is 16.4. The van der Waals surface area contributed by atoms with Gasteiger partial charge in [-0.2, -0.15) is 0 Å². The van der Waals surface area contributed by atoms with Crippen LogP contribution in [0.4, 0.5) is 11.4 Å². The predicted molar refractivity (Wildman–Crippen MR) is 131 cm³/mol. The van der Waals surface area contributed by atoms with Crippen molar-refractivity contribution in [2.75, 3.05) is 23.7 Å². The summed E-state index contributed by atoms with van der Waals surface area (Å²) in [5.41, 5.74) is 3.03. The summed E-state index contributed by atoms with van der Waals surface area (Å²) in [6.45, 7) is 1.67. The molecule has 2 aromatic rings. The number of anilines is 2. The van der Waals surface area contributed by atoms with Crippen LogP contribution < -0.4 is 10.6 Å². The lowest BCUT2D eigenvalue weighted by Crippen LogP contribution is -2.16. The third-order valence-electron chi connectivity index (χ3n) is 5.20. The lowest BCUT2D eigenvalue weighted by atomic mass is 10.0. The fraction of sp³-hybridized carbons (Fsp3) is 0.364. The van der Waals surface area contributed by atoms with Gasteiger partial charge in [0.25, 0.3) is 0 Å². The Morgan fingerprint density at radius 2 is 0.933 bits per heavy atom. The van der Waals surface area contributed by atoms with Crippen molar-refractivity contribution in [2.45, 2.75) is 38.5 Å². The molecule has 0 aliphatic carbocycles. The molecule has 4 rings (SSSR count). The Morgan fingerprint density at radius 3 is 1.23 bits per heavy atom. The number of aliphatic imine (C=N–C) groups is 2. The summed E-state index contributed by atoms with van der Waals surface area (Å²) in [4.78, 5) is 9.01. The van der Waals surface area contributed by atoms with E-state index in [2.05, 4.69) is 20.6 Å². The van der Waals surface area contributed by atoms with Crippen LogP contribution >= 0.6 is 46.4 Å². The molecule has 2 N–H and O–H groups in total. The van der Waals surface area contributed by atoms with Gasteiger partial charge in [-0.15, -0.1) is 0 Å². The molecule has 8 heteroatoms. The average molecular weight is 484 g/mol.